The highest BCUT2D eigenvalue weighted by molar-refractivity contribution is 6.32. The molecule has 46 heavy (non-hydrogen) atoms. The maximum atomic E-state index is 11.9. The van der Waals surface area contributed by atoms with E-state index >= 15 is 0 Å². The lowest BCUT2D eigenvalue weighted by Gasteiger charge is -2.12. The summed E-state index contributed by atoms with van der Waals surface area (Å²) in [5, 5.41) is 4.30. The monoisotopic (exact) mass is 630 g/mol. The van der Waals surface area contributed by atoms with Crippen LogP contribution in [0, 0.1) is 25.7 Å². The number of aromatic nitrogens is 2. The van der Waals surface area contributed by atoms with Gasteiger partial charge in [-0.3, -0.25) is 4.79 Å². The summed E-state index contributed by atoms with van der Waals surface area (Å²) >= 11 is 0. The molecule has 4 rings (SSSR count). The molecule has 1 aromatic heterocycles. The van der Waals surface area contributed by atoms with Gasteiger partial charge in [-0.05, 0) is 93.0 Å². The minimum Gasteiger partial charge on any atom is -0.356 e. The van der Waals surface area contributed by atoms with Crippen molar-refractivity contribution >= 4 is 30.1 Å². The fraction of sp³-hybridized carbons (Fsp3) is 0.634. The Morgan fingerprint density at radius 1 is 0.804 bits per heavy atom. The maximum absolute atomic E-state index is 11.9. The molecule has 0 saturated heterocycles. The second-order valence-electron chi connectivity index (χ2n) is 11.5. The Morgan fingerprint density at radius 3 is 2.02 bits per heavy atom. The molecule has 2 aromatic carbocycles. The summed E-state index contributed by atoms with van der Waals surface area (Å²) in [6.07, 6.45) is 13.9. The van der Waals surface area contributed by atoms with Gasteiger partial charge in [0.1, 0.15) is 13.7 Å². The minimum absolute atomic E-state index is 0.263. The Kier molecular flexibility index (Phi) is 24.9. The highest BCUT2D eigenvalue weighted by atomic mass is 16.1. The van der Waals surface area contributed by atoms with E-state index in [-0.39, 0.29) is 5.91 Å². The number of nitrogens with zero attached hydrogens (tertiary/aromatic N) is 2. The largest absolute Gasteiger partial charge is 0.356 e. The smallest absolute Gasteiger partial charge is 0.220 e. The molecule has 1 aliphatic rings. The zero-order valence-electron chi connectivity index (χ0n) is 31.7. The summed E-state index contributed by atoms with van der Waals surface area (Å²) in [5.41, 5.74) is 7.22. The number of amides is 1. The van der Waals surface area contributed by atoms with Crippen LogP contribution in [0.25, 0.3) is 10.9 Å². The second-order valence-corrected chi connectivity index (χ2v) is 11.5. The van der Waals surface area contributed by atoms with E-state index < -0.39 is 0 Å². The van der Waals surface area contributed by atoms with Crippen LogP contribution in [0.4, 0.5) is 0 Å². The SMILES string of the molecule is CC.CC.CC.CCc1cc2c(C)nc(C)nc2cc1CCCCCCCCNC(=O)CC1CC1CC.[B]c1cccc(CC)c1. The van der Waals surface area contributed by atoms with Crippen molar-refractivity contribution in [2.45, 2.75) is 153 Å². The Labute approximate surface area is 285 Å². The Bertz CT molecular complexity index is 1230. The molecule has 1 aliphatic carbocycles. The number of aryl methyl sites for hydroxylation is 5. The van der Waals surface area contributed by atoms with Gasteiger partial charge < -0.3 is 5.32 Å². The average molecular weight is 630 g/mol. The molecule has 256 valence electrons. The van der Waals surface area contributed by atoms with Gasteiger partial charge in [-0.1, -0.05) is 124 Å². The number of unbranched alkanes of at least 4 members (excludes halogenated alkanes) is 5. The number of fused-ring (bicyclic) bond motifs is 1. The fourth-order valence-electron chi connectivity index (χ4n) is 5.68. The molecule has 1 fully saturated rings. The first-order valence-corrected chi connectivity index (χ1v) is 18.7. The summed E-state index contributed by atoms with van der Waals surface area (Å²) in [5.74, 6) is 2.60. The van der Waals surface area contributed by atoms with Crippen LogP contribution in [0.15, 0.2) is 36.4 Å². The third kappa shape index (κ3) is 16.8. The molecule has 2 atom stereocenters. The van der Waals surface area contributed by atoms with Gasteiger partial charge in [0.25, 0.3) is 0 Å². The summed E-state index contributed by atoms with van der Waals surface area (Å²) in [6, 6.07) is 12.6. The molecule has 1 saturated carbocycles. The van der Waals surface area contributed by atoms with Crippen molar-refractivity contribution in [2.24, 2.45) is 11.8 Å². The Hall–Kier alpha value is -2.69. The lowest BCUT2D eigenvalue weighted by Crippen LogP contribution is -2.24. The van der Waals surface area contributed by atoms with Crippen LogP contribution in [0.2, 0.25) is 0 Å². The van der Waals surface area contributed by atoms with Crippen molar-refractivity contribution in [3.8, 4) is 0 Å². The third-order valence-electron chi connectivity index (χ3n) is 8.30. The van der Waals surface area contributed by atoms with Crippen LogP contribution in [-0.4, -0.2) is 30.3 Å². The summed E-state index contributed by atoms with van der Waals surface area (Å²) in [7, 11) is 5.53. The highest BCUT2D eigenvalue weighted by Gasteiger charge is 2.36. The number of carbonyl (C=O) groups is 1. The van der Waals surface area contributed by atoms with Crippen LogP contribution < -0.4 is 10.8 Å². The molecule has 3 aromatic rings. The molecule has 1 N–H and O–H groups in total. The first-order valence-electron chi connectivity index (χ1n) is 18.7. The van der Waals surface area contributed by atoms with E-state index in [1.807, 2.05) is 66.7 Å². The van der Waals surface area contributed by atoms with Crippen LogP contribution >= 0.6 is 0 Å². The molecule has 5 heteroatoms. The van der Waals surface area contributed by atoms with Crippen LogP contribution in [0.5, 0.6) is 0 Å². The van der Waals surface area contributed by atoms with E-state index in [0.717, 1.165) is 67.1 Å². The second kappa shape index (κ2) is 26.4. The van der Waals surface area contributed by atoms with Gasteiger partial charge in [-0.25, -0.2) is 9.97 Å². The van der Waals surface area contributed by atoms with E-state index in [1.54, 1.807) is 0 Å². The van der Waals surface area contributed by atoms with Crippen molar-refractivity contribution in [1.29, 1.82) is 0 Å². The van der Waals surface area contributed by atoms with Gasteiger partial charge >= 0.3 is 0 Å². The van der Waals surface area contributed by atoms with Gasteiger partial charge in [0.05, 0.1) is 5.52 Å². The molecular formula is C41H68BN3O. The molecule has 2 radical (unpaired) electrons. The van der Waals surface area contributed by atoms with Crippen molar-refractivity contribution in [3.05, 3.63) is 64.6 Å². The van der Waals surface area contributed by atoms with E-state index in [1.165, 1.54) is 67.0 Å². The van der Waals surface area contributed by atoms with Crippen molar-refractivity contribution in [1.82, 2.24) is 15.3 Å². The number of hydrogen-bond donors (Lipinski definition) is 1. The van der Waals surface area contributed by atoms with Gasteiger partial charge in [0.2, 0.25) is 5.91 Å². The summed E-state index contributed by atoms with van der Waals surface area (Å²) in [6.45, 7) is 23.5. The van der Waals surface area contributed by atoms with E-state index in [0.29, 0.717) is 5.92 Å². The quantitative estimate of drug-likeness (QED) is 0.143. The maximum Gasteiger partial charge on any atom is 0.220 e. The number of benzene rings is 2. The van der Waals surface area contributed by atoms with Gasteiger partial charge in [0, 0.05) is 24.0 Å². The first kappa shape index (κ1) is 43.3. The molecule has 0 spiro atoms. The summed E-state index contributed by atoms with van der Waals surface area (Å²) in [4.78, 5) is 21.1. The standard InChI is InChI=1S/C27H41N3O.C8H9B.3C2H6/c1-5-21-15-24(21)18-27(31)28-14-12-10-8-7-9-11-13-23-17-26-25(16-22(23)6-2)19(3)29-20(4)30-26;1-2-7-4-3-5-8(9)6-7;3*1-2/h16-17,21,24H,5-15,18H2,1-4H3,(H,28,31);3-6H,2H2,1H3;3*1-2H3. The third-order valence-corrected chi connectivity index (χ3v) is 8.30. The van der Waals surface area contributed by atoms with Gasteiger partial charge in [-0.15, -0.1) is 0 Å². The lowest BCUT2D eigenvalue weighted by atomic mass is 9.94. The van der Waals surface area contributed by atoms with Crippen molar-refractivity contribution in [2.75, 3.05) is 6.54 Å². The Balaban J connectivity index is 0.00000113. The van der Waals surface area contributed by atoms with Crippen LogP contribution in [-0.2, 0) is 24.1 Å². The molecular weight excluding hydrogens is 561 g/mol. The van der Waals surface area contributed by atoms with E-state index in [4.69, 9.17) is 7.85 Å². The number of carbonyl (C=O) groups excluding carboxylic acids is 1. The number of nitrogens with one attached hydrogen (secondary N) is 1. The molecule has 2 unspecified atom stereocenters. The van der Waals surface area contributed by atoms with Crippen LogP contribution in [0.3, 0.4) is 0 Å². The lowest BCUT2D eigenvalue weighted by molar-refractivity contribution is -0.121. The van der Waals surface area contributed by atoms with Gasteiger partial charge in [-0.2, -0.15) is 0 Å². The minimum atomic E-state index is 0.263. The van der Waals surface area contributed by atoms with Crippen molar-refractivity contribution in [3.63, 3.8) is 0 Å². The molecule has 0 bridgehead atoms. The fourth-order valence-corrected chi connectivity index (χ4v) is 5.68. The molecule has 0 aliphatic heterocycles. The topological polar surface area (TPSA) is 54.9 Å². The zero-order chi connectivity index (χ0) is 34.9. The molecule has 4 nitrogen and oxygen atoms in total. The van der Waals surface area contributed by atoms with Crippen LogP contribution in [0.1, 0.15) is 148 Å². The first-order chi connectivity index (χ1) is 22.3. The normalized spacial score (nSPS) is 14.2. The van der Waals surface area contributed by atoms with E-state index in [2.05, 4.69) is 61.2 Å². The highest BCUT2D eigenvalue weighted by Crippen LogP contribution is 2.43. The predicted molar refractivity (Wildman–Crippen MR) is 205 cm³/mol. The van der Waals surface area contributed by atoms with E-state index in [9.17, 15) is 4.79 Å². The van der Waals surface area contributed by atoms with Crippen molar-refractivity contribution < 1.29 is 4.79 Å². The number of hydrogen-bond acceptors (Lipinski definition) is 3. The number of rotatable bonds is 14. The predicted octanol–water partition coefficient (Wildman–Crippen LogP) is 10.4. The zero-order valence-corrected chi connectivity index (χ0v) is 31.7. The van der Waals surface area contributed by atoms with Gasteiger partial charge in [0.15, 0.2) is 0 Å². The Morgan fingerprint density at radius 2 is 1.46 bits per heavy atom. The average Bonchev–Trinajstić information content (AvgIpc) is 3.84. The molecule has 1 heterocycles. The summed E-state index contributed by atoms with van der Waals surface area (Å²) < 4.78 is 0. The molecule has 1 amide bonds.